The molecule has 3 aromatic carbocycles. The van der Waals surface area contributed by atoms with Gasteiger partial charge in [0.05, 0.1) is 34.5 Å². The van der Waals surface area contributed by atoms with E-state index in [4.69, 9.17) is 10.5 Å². The van der Waals surface area contributed by atoms with Crippen molar-refractivity contribution in [3.8, 4) is 23.3 Å². The van der Waals surface area contributed by atoms with Gasteiger partial charge in [0, 0.05) is 11.9 Å². The topological polar surface area (TPSA) is 106 Å². The van der Waals surface area contributed by atoms with E-state index in [0.29, 0.717) is 27.9 Å². The minimum atomic E-state index is -4.73. The predicted molar refractivity (Wildman–Crippen MR) is 122 cm³/mol. The van der Waals surface area contributed by atoms with Gasteiger partial charge in [-0.2, -0.15) is 23.7 Å². The third kappa shape index (κ3) is 5.27. The first-order chi connectivity index (χ1) is 16.8. The van der Waals surface area contributed by atoms with Gasteiger partial charge in [-0.05, 0) is 65.2 Å². The molecule has 1 heterocycles. The molecule has 172 valence electrons. The molecule has 4 aromatic rings. The van der Waals surface area contributed by atoms with Crippen LogP contribution >= 0.6 is 0 Å². The summed E-state index contributed by atoms with van der Waals surface area (Å²) in [4.78, 5) is 8.22. The van der Waals surface area contributed by atoms with E-state index in [0.717, 1.165) is 6.07 Å². The summed E-state index contributed by atoms with van der Waals surface area (Å²) in [6.07, 6.45) is -5.06. The van der Waals surface area contributed by atoms with Crippen LogP contribution < -0.4 is 5.32 Å². The Morgan fingerprint density at radius 2 is 1.43 bits per heavy atom. The first-order valence-corrected chi connectivity index (χ1v) is 10.3. The summed E-state index contributed by atoms with van der Waals surface area (Å²) < 4.78 is 41.8. The number of alkyl halides is 3. The molecule has 0 bridgehead atoms. The maximum Gasteiger partial charge on any atom is 0.416 e. The molecule has 4 rings (SSSR count). The normalized spacial score (nSPS) is 11.8. The van der Waals surface area contributed by atoms with E-state index in [1.54, 1.807) is 36.4 Å². The largest absolute Gasteiger partial charge is 0.416 e. The number of hydrogen-bond acceptors (Lipinski definition) is 6. The number of halogens is 3. The van der Waals surface area contributed by atoms with Crippen LogP contribution in [-0.4, -0.2) is 15.1 Å². The summed E-state index contributed by atoms with van der Waals surface area (Å²) in [7, 11) is 0. The lowest BCUT2D eigenvalue weighted by Gasteiger charge is -2.19. The van der Waals surface area contributed by atoms with Gasteiger partial charge in [-0.15, -0.1) is 0 Å². The maximum absolute atomic E-state index is 13.9. The van der Waals surface area contributed by atoms with Gasteiger partial charge >= 0.3 is 6.18 Å². The number of nitrogens with zero attached hydrogens (tertiary/aromatic N) is 4. The van der Waals surface area contributed by atoms with Gasteiger partial charge in [0.25, 0.3) is 0 Å². The number of aromatic nitrogens is 2. The summed E-state index contributed by atoms with van der Waals surface area (Å²) in [5.74, 6) is 0.0778. The highest BCUT2D eigenvalue weighted by Gasteiger charge is 2.36. The molecule has 1 atom stereocenters. The van der Waals surface area contributed by atoms with E-state index < -0.39 is 17.8 Å². The molecule has 0 saturated carbocycles. The summed E-state index contributed by atoms with van der Waals surface area (Å²) in [6.45, 7) is 0. The van der Waals surface area contributed by atoms with Crippen LogP contribution in [0.4, 0.5) is 24.8 Å². The van der Waals surface area contributed by atoms with Crippen molar-refractivity contribution < 1.29 is 18.3 Å². The minimum absolute atomic E-state index is 0.0206. The Bertz CT molecular complexity index is 1440. The molecule has 6 nitrogen and oxygen atoms in total. The van der Waals surface area contributed by atoms with E-state index in [1.165, 1.54) is 36.5 Å². The fourth-order valence-corrected chi connectivity index (χ4v) is 3.46. The molecule has 0 spiro atoms. The molecule has 0 amide bonds. The van der Waals surface area contributed by atoms with Crippen molar-refractivity contribution in [1.82, 2.24) is 9.97 Å². The highest BCUT2D eigenvalue weighted by molar-refractivity contribution is 5.66. The minimum Gasteiger partial charge on any atom is -0.382 e. The van der Waals surface area contributed by atoms with E-state index in [9.17, 15) is 18.3 Å². The van der Waals surface area contributed by atoms with Gasteiger partial charge in [0.15, 0.2) is 0 Å². The fraction of sp³-hybridized carbons (Fsp3) is 0.0769. The second-order valence-corrected chi connectivity index (χ2v) is 7.51. The Hall–Kier alpha value is -4.73. The van der Waals surface area contributed by atoms with Crippen LogP contribution in [0.15, 0.2) is 79.0 Å². The highest BCUT2D eigenvalue weighted by atomic mass is 19.4. The summed E-state index contributed by atoms with van der Waals surface area (Å²) >= 11 is 0. The number of nitrogens with one attached hydrogen (secondary N) is 1. The summed E-state index contributed by atoms with van der Waals surface area (Å²) in [6, 6.07) is 21.6. The number of rotatable bonds is 5. The van der Waals surface area contributed by atoms with Crippen molar-refractivity contribution in [2.24, 2.45) is 0 Å². The molecule has 35 heavy (non-hydrogen) atoms. The average Bonchev–Trinajstić information content (AvgIpc) is 2.88. The summed E-state index contributed by atoms with van der Waals surface area (Å²) in [5.41, 5.74) is 0.863. The number of nitriles is 2. The van der Waals surface area contributed by atoms with Gasteiger partial charge in [0.2, 0.25) is 5.95 Å². The second kappa shape index (κ2) is 9.64. The van der Waals surface area contributed by atoms with Crippen molar-refractivity contribution in [1.29, 1.82) is 10.5 Å². The van der Waals surface area contributed by atoms with Crippen LogP contribution in [0.5, 0.6) is 0 Å². The molecule has 0 aliphatic rings. The van der Waals surface area contributed by atoms with Crippen molar-refractivity contribution in [2.45, 2.75) is 12.3 Å². The third-order valence-corrected chi connectivity index (χ3v) is 5.23. The van der Waals surface area contributed by atoms with Crippen LogP contribution in [0.3, 0.4) is 0 Å². The lowest BCUT2D eigenvalue weighted by atomic mass is 9.94. The quantitative estimate of drug-likeness (QED) is 0.385. The smallest absolute Gasteiger partial charge is 0.382 e. The van der Waals surface area contributed by atoms with Crippen molar-refractivity contribution in [3.05, 3.63) is 107 Å². The average molecular weight is 471 g/mol. The van der Waals surface area contributed by atoms with Crippen LogP contribution in [0, 0.1) is 22.7 Å². The highest BCUT2D eigenvalue weighted by Crippen LogP contribution is 2.39. The zero-order chi connectivity index (χ0) is 25.0. The lowest BCUT2D eigenvalue weighted by molar-refractivity contribution is -0.138. The molecule has 0 radical (unpaired) electrons. The lowest BCUT2D eigenvalue weighted by Crippen LogP contribution is -2.14. The van der Waals surface area contributed by atoms with Gasteiger partial charge in [-0.1, -0.05) is 24.3 Å². The van der Waals surface area contributed by atoms with Gasteiger partial charge in [-0.3, -0.25) is 0 Å². The van der Waals surface area contributed by atoms with E-state index in [-0.39, 0.29) is 17.2 Å². The molecular weight excluding hydrogens is 455 g/mol. The van der Waals surface area contributed by atoms with Gasteiger partial charge in [-0.25, -0.2) is 9.97 Å². The molecular formula is C26H16F3N5O. The first kappa shape index (κ1) is 23.4. The van der Waals surface area contributed by atoms with E-state index in [1.807, 2.05) is 12.1 Å². The van der Waals surface area contributed by atoms with Gasteiger partial charge in [0.1, 0.15) is 6.10 Å². The number of benzene rings is 3. The van der Waals surface area contributed by atoms with E-state index >= 15 is 0 Å². The Morgan fingerprint density at radius 3 is 2.03 bits per heavy atom. The predicted octanol–water partition coefficient (Wildman–Crippen LogP) is 5.73. The summed E-state index contributed by atoms with van der Waals surface area (Å²) in [5, 5.41) is 31.6. The second-order valence-electron chi connectivity index (χ2n) is 7.51. The van der Waals surface area contributed by atoms with Gasteiger partial charge < -0.3 is 10.4 Å². The Kier molecular flexibility index (Phi) is 6.45. The molecule has 0 saturated heterocycles. The monoisotopic (exact) mass is 471 g/mol. The Labute approximate surface area is 198 Å². The number of aliphatic hydroxyl groups is 1. The zero-order valence-corrected chi connectivity index (χ0v) is 18.0. The SMILES string of the molecule is N#Cc1ccc(Nc2nccc([C@H](O)c3ccc(-c4ccc(C#N)cc4)cc3C(F)(F)F)n2)cc1. The molecule has 1 aromatic heterocycles. The molecule has 2 N–H and O–H groups in total. The van der Waals surface area contributed by atoms with Crippen molar-refractivity contribution in [3.63, 3.8) is 0 Å². The third-order valence-electron chi connectivity index (χ3n) is 5.23. The number of hydrogen-bond donors (Lipinski definition) is 2. The van der Waals surface area contributed by atoms with Crippen molar-refractivity contribution >= 4 is 11.6 Å². The van der Waals surface area contributed by atoms with Crippen LogP contribution in [0.2, 0.25) is 0 Å². The van der Waals surface area contributed by atoms with Crippen LogP contribution in [0.25, 0.3) is 11.1 Å². The Morgan fingerprint density at radius 1 is 0.829 bits per heavy atom. The van der Waals surface area contributed by atoms with Crippen molar-refractivity contribution in [2.75, 3.05) is 5.32 Å². The maximum atomic E-state index is 13.9. The molecule has 9 heteroatoms. The van der Waals surface area contributed by atoms with Crippen LogP contribution in [-0.2, 0) is 6.18 Å². The zero-order valence-electron chi connectivity index (χ0n) is 18.0. The molecule has 0 fully saturated rings. The number of anilines is 2. The standard InChI is InChI=1S/C26H16F3N5O/c27-26(28,29)22-13-19(18-5-1-16(14-30)2-6-18)7-10-21(22)24(35)23-11-12-32-25(34-23)33-20-8-3-17(15-31)4-9-20/h1-13,24,35H,(H,32,33,34)/t24-/m1/s1. The molecule has 0 aliphatic heterocycles. The molecule has 0 unspecified atom stereocenters. The van der Waals surface area contributed by atoms with E-state index in [2.05, 4.69) is 15.3 Å². The Balaban J connectivity index is 1.66. The molecule has 0 aliphatic carbocycles. The first-order valence-electron chi connectivity index (χ1n) is 10.3. The number of aliphatic hydroxyl groups excluding tert-OH is 1. The van der Waals surface area contributed by atoms with Crippen LogP contribution in [0.1, 0.15) is 34.1 Å². The fourth-order valence-electron chi connectivity index (χ4n) is 3.46.